The Labute approximate surface area is 166 Å². The summed E-state index contributed by atoms with van der Waals surface area (Å²) in [6.45, 7) is 6.05. The molecule has 0 radical (unpaired) electrons. The van der Waals surface area contributed by atoms with Gasteiger partial charge in [-0.05, 0) is 45.7 Å². The second-order valence-corrected chi connectivity index (χ2v) is 7.77. The Bertz CT molecular complexity index is 544. The first-order valence-corrected chi connectivity index (χ1v) is 9.44. The standard InChI is InChI=1S/C17H27N3O2S.2ClH/c1-13-11-23-15(19-13)14-4-3-9-20(10-14)16(21)17(12-22-2)5-7-18-8-6-17;;/h11,14,18H,3-10,12H2,1-2H3;2*1H. The van der Waals surface area contributed by atoms with E-state index in [-0.39, 0.29) is 30.2 Å². The Morgan fingerprint density at radius 1 is 1.44 bits per heavy atom. The van der Waals surface area contributed by atoms with E-state index in [2.05, 4.69) is 20.6 Å². The second-order valence-electron chi connectivity index (χ2n) is 6.88. The lowest BCUT2D eigenvalue weighted by molar-refractivity contribution is -0.148. The average Bonchev–Trinajstić information content (AvgIpc) is 3.02. The van der Waals surface area contributed by atoms with E-state index < -0.39 is 0 Å². The van der Waals surface area contributed by atoms with Crippen LogP contribution in [0.1, 0.15) is 42.3 Å². The van der Waals surface area contributed by atoms with E-state index in [9.17, 15) is 4.79 Å². The van der Waals surface area contributed by atoms with Crippen LogP contribution < -0.4 is 5.32 Å². The highest BCUT2D eigenvalue weighted by Gasteiger charge is 2.43. The maximum Gasteiger partial charge on any atom is 0.231 e. The SMILES string of the molecule is COCC1(C(=O)N2CCCC(c3nc(C)cs3)C2)CCNCC1.Cl.Cl. The van der Waals surface area contributed by atoms with Gasteiger partial charge in [-0.1, -0.05) is 0 Å². The Morgan fingerprint density at radius 3 is 2.76 bits per heavy atom. The van der Waals surface area contributed by atoms with Gasteiger partial charge in [0.25, 0.3) is 0 Å². The number of amides is 1. The Hall–Kier alpha value is -0.400. The number of thiazole rings is 1. The number of aryl methyl sites for hydroxylation is 1. The van der Waals surface area contributed by atoms with Crippen LogP contribution >= 0.6 is 36.2 Å². The summed E-state index contributed by atoms with van der Waals surface area (Å²) in [7, 11) is 1.70. The number of likely N-dealkylation sites (tertiary alicyclic amines) is 1. The number of nitrogens with one attached hydrogen (secondary N) is 1. The van der Waals surface area contributed by atoms with Gasteiger partial charge < -0.3 is 15.0 Å². The fraction of sp³-hybridized carbons (Fsp3) is 0.765. The smallest absolute Gasteiger partial charge is 0.231 e. The zero-order valence-corrected chi connectivity index (χ0v) is 17.4. The highest BCUT2D eigenvalue weighted by Crippen LogP contribution is 2.35. The molecule has 1 aromatic rings. The van der Waals surface area contributed by atoms with Gasteiger partial charge in [-0.2, -0.15) is 0 Å². The number of methoxy groups -OCH3 is 1. The average molecular weight is 410 g/mol. The van der Waals surface area contributed by atoms with Crippen LogP contribution in [0.2, 0.25) is 0 Å². The van der Waals surface area contributed by atoms with Gasteiger partial charge in [-0.15, -0.1) is 36.2 Å². The molecule has 0 bridgehead atoms. The van der Waals surface area contributed by atoms with Crippen molar-refractivity contribution >= 4 is 42.1 Å². The summed E-state index contributed by atoms with van der Waals surface area (Å²) in [4.78, 5) is 20.0. The number of nitrogens with zero attached hydrogens (tertiary/aromatic N) is 2. The van der Waals surface area contributed by atoms with E-state index in [0.717, 1.165) is 57.6 Å². The number of hydrogen-bond donors (Lipinski definition) is 1. The number of hydrogen-bond acceptors (Lipinski definition) is 5. The van der Waals surface area contributed by atoms with Crippen molar-refractivity contribution in [2.45, 2.75) is 38.5 Å². The van der Waals surface area contributed by atoms with Gasteiger partial charge in [0.2, 0.25) is 5.91 Å². The summed E-state index contributed by atoms with van der Waals surface area (Å²) < 4.78 is 5.43. The lowest BCUT2D eigenvalue weighted by Crippen LogP contribution is -2.53. The summed E-state index contributed by atoms with van der Waals surface area (Å²) in [5, 5.41) is 6.65. The first-order chi connectivity index (χ1) is 11.1. The van der Waals surface area contributed by atoms with Crippen LogP contribution in [0.25, 0.3) is 0 Å². The number of aromatic nitrogens is 1. The van der Waals surface area contributed by atoms with Gasteiger partial charge in [0.05, 0.1) is 17.0 Å². The summed E-state index contributed by atoms with van der Waals surface area (Å²) in [5.74, 6) is 0.687. The van der Waals surface area contributed by atoms with Crippen LogP contribution in [-0.2, 0) is 9.53 Å². The van der Waals surface area contributed by atoms with E-state index in [0.29, 0.717) is 18.4 Å². The normalized spacial score (nSPS) is 22.6. The molecule has 0 aliphatic carbocycles. The van der Waals surface area contributed by atoms with Crippen molar-refractivity contribution in [3.05, 3.63) is 16.1 Å². The molecule has 0 spiro atoms. The molecule has 2 saturated heterocycles. The van der Waals surface area contributed by atoms with Crippen LogP contribution in [0.3, 0.4) is 0 Å². The third-order valence-corrected chi connectivity index (χ3v) is 6.25. The highest BCUT2D eigenvalue weighted by atomic mass is 35.5. The van der Waals surface area contributed by atoms with Crippen molar-refractivity contribution in [2.24, 2.45) is 5.41 Å². The molecule has 8 heteroatoms. The number of piperidine rings is 2. The Balaban J connectivity index is 0.00000156. The molecule has 0 aromatic carbocycles. The predicted octanol–water partition coefficient (Wildman–Crippen LogP) is 3.02. The molecule has 3 rings (SSSR count). The molecule has 2 fully saturated rings. The molecule has 3 heterocycles. The zero-order chi connectivity index (χ0) is 16.3. The molecule has 1 unspecified atom stereocenters. The van der Waals surface area contributed by atoms with Crippen LogP contribution in [0.4, 0.5) is 0 Å². The van der Waals surface area contributed by atoms with Crippen molar-refractivity contribution in [2.75, 3.05) is 39.9 Å². The van der Waals surface area contributed by atoms with E-state index in [1.54, 1.807) is 18.4 Å². The van der Waals surface area contributed by atoms with Crippen LogP contribution in [-0.4, -0.2) is 55.7 Å². The molecule has 1 N–H and O–H groups in total. The quantitative estimate of drug-likeness (QED) is 0.829. The topological polar surface area (TPSA) is 54.5 Å². The number of carbonyl (C=O) groups excluding carboxylic acids is 1. The van der Waals surface area contributed by atoms with Gasteiger partial charge in [0.15, 0.2) is 0 Å². The van der Waals surface area contributed by atoms with Crippen molar-refractivity contribution in [3.63, 3.8) is 0 Å². The van der Waals surface area contributed by atoms with E-state index in [1.807, 2.05) is 6.92 Å². The van der Waals surface area contributed by atoms with Gasteiger partial charge in [0.1, 0.15) is 0 Å². The van der Waals surface area contributed by atoms with Crippen molar-refractivity contribution in [3.8, 4) is 0 Å². The van der Waals surface area contributed by atoms with Crippen molar-refractivity contribution < 1.29 is 9.53 Å². The fourth-order valence-electron chi connectivity index (χ4n) is 3.86. The molecular weight excluding hydrogens is 381 g/mol. The van der Waals surface area contributed by atoms with Gasteiger partial charge >= 0.3 is 0 Å². The molecule has 0 saturated carbocycles. The maximum absolute atomic E-state index is 13.2. The number of rotatable bonds is 4. The fourth-order valence-corrected chi connectivity index (χ4v) is 4.79. The van der Waals surface area contributed by atoms with Gasteiger partial charge in [-0.25, -0.2) is 4.98 Å². The maximum atomic E-state index is 13.2. The predicted molar refractivity (Wildman–Crippen MR) is 106 cm³/mol. The number of ether oxygens (including phenoxy) is 1. The monoisotopic (exact) mass is 409 g/mol. The lowest BCUT2D eigenvalue weighted by Gasteiger charge is -2.42. The van der Waals surface area contributed by atoms with Gasteiger partial charge in [0, 0.05) is 37.2 Å². The summed E-state index contributed by atoms with van der Waals surface area (Å²) in [6, 6.07) is 0. The molecule has 1 atom stereocenters. The van der Waals surface area contributed by atoms with Crippen molar-refractivity contribution in [1.29, 1.82) is 0 Å². The third-order valence-electron chi connectivity index (χ3n) is 5.13. The third kappa shape index (κ3) is 5.07. The van der Waals surface area contributed by atoms with Crippen LogP contribution in [0, 0.1) is 12.3 Å². The first-order valence-electron chi connectivity index (χ1n) is 8.56. The molecule has 2 aliphatic heterocycles. The molecule has 144 valence electrons. The van der Waals surface area contributed by atoms with E-state index in [1.165, 1.54) is 5.01 Å². The molecule has 1 aromatic heterocycles. The summed E-state index contributed by atoms with van der Waals surface area (Å²) >= 11 is 1.73. The minimum atomic E-state index is -0.333. The summed E-state index contributed by atoms with van der Waals surface area (Å²) in [5.41, 5.74) is 0.753. The Morgan fingerprint density at radius 2 is 2.16 bits per heavy atom. The molecule has 25 heavy (non-hydrogen) atoms. The summed E-state index contributed by atoms with van der Waals surface area (Å²) in [6.07, 6.45) is 3.94. The van der Waals surface area contributed by atoms with Crippen LogP contribution in [0.15, 0.2) is 5.38 Å². The van der Waals surface area contributed by atoms with Crippen molar-refractivity contribution in [1.82, 2.24) is 15.2 Å². The highest BCUT2D eigenvalue weighted by molar-refractivity contribution is 7.09. The minimum absolute atomic E-state index is 0. The zero-order valence-electron chi connectivity index (χ0n) is 15.0. The molecule has 2 aliphatic rings. The molecule has 5 nitrogen and oxygen atoms in total. The number of halogens is 2. The Kier molecular flexibility index (Phi) is 9.12. The minimum Gasteiger partial charge on any atom is -0.384 e. The lowest BCUT2D eigenvalue weighted by atomic mass is 9.77. The van der Waals surface area contributed by atoms with Crippen LogP contribution in [0.5, 0.6) is 0 Å². The number of carbonyl (C=O) groups is 1. The van der Waals surface area contributed by atoms with E-state index >= 15 is 0 Å². The molecular formula is C17H29Cl2N3O2S. The second kappa shape index (κ2) is 10.1. The first kappa shape index (κ1) is 22.6. The largest absolute Gasteiger partial charge is 0.384 e. The molecule has 1 amide bonds. The van der Waals surface area contributed by atoms with Gasteiger partial charge in [-0.3, -0.25) is 4.79 Å². The van der Waals surface area contributed by atoms with E-state index in [4.69, 9.17) is 4.74 Å².